The lowest BCUT2D eigenvalue weighted by molar-refractivity contribution is -0.129. The first-order valence-corrected chi connectivity index (χ1v) is 7.12. The first-order chi connectivity index (χ1) is 10.5. The quantitative estimate of drug-likeness (QED) is 0.619. The first kappa shape index (κ1) is 17.4. The molecule has 0 saturated carbocycles. The Hall–Kier alpha value is -2.61. The van der Waals surface area contributed by atoms with Gasteiger partial charge < -0.3 is 10.1 Å². The Morgan fingerprint density at radius 2 is 2.09 bits per heavy atom. The molecule has 0 aliphatic rings. The van der Waals surface area contributed by atoms with Crippen LogP contribution in [0, 0.1) is 17.2 Å². The Morgan fingerprint density at radius 1 is 1.41 bits per heavy atom. The van der Waals surface area contributed by atoms with Gasteiger partial charge in [0.25, 0.3) is 0 Å². The van der Waals surface area contributed by atoms with E-state index >= 15 is 0 Å². The zero-order valence-electron chi connectivity index (χ0n) is 13.0. The fourth-order valence-corrected chi connectivity index (χ4v) is 1.69. The van der Waals surface area contributed by atoms with Gasteiger partial charge in [-0.15, -0.1) is 0 Å². The summed E-state index contributed by atoms with van der Waals surface area (Å²) in [4.78, 5) is 23.4. The van der Waals surface area contributed by atoms with E-state index < -0.39 is 17.6 Å². The van der Waals surface area contributed by atoms with Crippen molar-refractivity contribution in [1.29, 1.82) is 5.26 Å². The van der Waals surface area contributed by atoms with E-state index in [1.165, 1.54) is 13.1 Å². The van der Waals surface area contributed by atoms with Gasteiger partial charge in [0.05, 0.1) is 12.2 Å². The molecule has 0 spiro atoms. The number of hydrogen-bond acceptors (Lipinski definition) is 4. The molecule has 0 bridgehead atoms. The van der Waals surface area contributed by atoms with E-state index in [9.17, 15) is 9.59 Å². The molecule has 1 rings (SSSR count). The monoisotopic (exact) mass is 300 g/mol. The molecule has 0 heterocycles. The lowest BCUT2D eigenvalue weighted by Gasteiger charge is -2.14. The van der Waals surface area contributed by atoms with Crippen LogP contribution in [0.2, 0.25) is 0 Å². The average Bonchev–Trinajstić information content (AvgIpc) is 2.54. The molecule has 0 aromatic heterocycles. The second-order valence-electron chi connectivity index (χ2n) is 4.79. The summed E-state index contributed by atoms with van der Waals surface area (Å²) in [7, 11) is 1.39. The molecule has 0 fully saturated rings. The number of nitrogens with one attached hydrogen (secondary N) is 1. The van der Waals surface area contributed by atoms with Gasteiger partial charge in [0.15, 0.2) is 11.7 Å². The maximum atomic E-state index is 11.9. The number of hydrogen-bond donors (Lipinski definition) is 1. The van der Waals surface area contributed by atoms with Gasteiger partial charge in [-0.2, -0.15) is 5.26 Å². The molecule has 5 heteroatoms. The lowest BCUT2D eigenvalue weighted by atomic mass is 10.0. The Bertz CT molecular complexity index is 602. The van der Waals surface area contributed by atoms with Gasteiger partial charge >= 0.3 is 0 Å². The van der Waals surface area contributed by atoms with Gasteiger partial charge in [-0.3, -0.25) is 9.59 Å². The topological polar surface area (TPSA) is 79.2 Å². The third kappa shape index (κ3) is 4.74. The smallest absolute Gasteiger partial charge is 0.245 e. The summed E-state index contributed by atoms with van der Waals surface area (Å²) >= 11 is 0. The number of allylic oxidation sites excluding steroid dienone is 1. The third-order valence-electron chi connectivity index (χ3n) is 3.17. The van der Waals surface area contributed by atoms with Gasteiger partial charge in [-0.1, -0.05) is 25.1 Å². The second kappa shape index (κ2) is 8.63. The van der Waals surface area contributed by atoms with Crippen LogP contribution in [0.4, 0.5) is 0 Å². The van der Waals surface area contributed by atoms with Crippen molar-refractivity contribution >= 4 is 17.8 Å². The van der Waals surface area contributed by atoms with E-state index in [2.05, 4.69) is 5.32 Å². The zero-order chi connectivity index (χ0) is 16.5. The number of rotatable bonds is 7. The van der Waals surface area contributed by atoms with Crippen LogP contribution in [0.15, 0.2) is 30.3 Å². The molecule has 5 nitrogen and oxygen atoms in total. The molecule has 0 radical (unpaired) electrons. The number of nitrogens with zero attached hydrogens (tertiary/aromatic N) is 1. The van der Waals surface area contributed by atoms with Crippen LogP contribution in [0.3, 0.4) is 0 Å². The van der Waals surface area contributed by atoms with Crippen LogP contribution < -0.4 is 10.1 Å². The van der Waals surface area contributed by atoms with Crippen molar-refractivity contribution in [3.8, 4) is 11.8 Å². The maximum Gasteiger partial charge on any atom is 0.245 e. The highest BCUT2D eigenvalue weighted by Gasteiger charge is 2.23. The number of para-hydroxylation sites is 1. The third-order valence-corrected chi connectivity index (χ3v) is 3.17. The maximum absolute atomic E-state index is 11.9. The predicted molar refractivity (Wildman–Crippen MR) is 84.0 cm³/mol. The highest BCUT2D eigenvalue weighted by molar-refractivity contribution is 6.10. The highest BCUT2D eigenvalue weighted by atomic mass is 16.5. The van der Waals surface area contributed by atoms with E-state index in [0.717, 1.165) is 12.0 Å². The van der Waals surface area contributed by atoms with E-state index in [-0.39, 0.29) is 6.10 Å². The molecule has 1 aromatic rings. The molecular formula is C17H20N2O3. The molecule has 0 unspecified atom stereocenters. The van der Waals surface area contributed by atoms with E-state index in [1.807, 2.05) is 38.1 Å². The van der Waals surface area contributed by atoms with E-state index in [0.29, 0.717) is 5.75 Å². The SMILES string of the molecule is CC[C@H](C)Oc1ccccc1/C=C\C(=O)[C@H](C#N)C(=O)NC. The normalized spacial score (nSPS) is 13.2. The van der Waals surface area contributed by atoms with Crippen molar-refractivity contribution in [1.82, 2.24) is 5.32 Å². The first-order valence-electron chi connectivity index (χ1n) is 7.12. The summed E-state index contributed by atoms with van der Waals surface area (Å²) in [5.74, 6) is -1.83. The van der Waals surface area contributed by atoms with Gasteiger partial charge in [0.2, 0.25) is 5.91 Å². The summed E-state index contributed by atoms with van der Waals surface area (Å²) < 4.78 is 5.78. The van der Waals surface area contributed by atoms with Crippen molar-refractivity contribution < 1.29 is 14.3 Å². The Kier molecular flexibility index (Phi) is 6.84. The largest absolute Gasteiger partial charge is 0.490 e. The van der Waals surface area contributed by atoms with Crippen LogP contribution in [0.25, 0.3) is 6.08 Å². The van der Waals surface area contributed by atoms with E-state index in [1.54, 1.807) is 12.1 Å². The van der Waals surface area contributed by atoms with Crippen LogP contribution in [-0.4, -0.2) is 24.8 Å². The fraction of sp³-hybridized carbons (Fsp3) is 0.353. The van der Waals surface area contributed by atoms with Gasteiger partial charge in [0.1, 0.15) is 5.75 Å². The van der Waals surface area contributed by atoms with Crippen LogP contribution >= 0.6 is 0 Å². The number of ketones is 1. The summed E-state index contributed by atoms with van der Waals surface area (Å²) in [6, 6.07) is 9.00. The Balaban J connectivity index is 2.92. The zero-order valence-corrected chi connectivity index (χ0v) is 13.0. The van der Waals surface area contributed by atoms with Crippen LogP contribution in [0.1, 0.15) is 25.8 Å². The molecule has 1 amide bonds. The standard InChI is InChI=1S/C17H20N2O3/c1-4-12(2)22-16-8-6-5-7-13(16)9-10-15(20)14(11-18)17(21)19-3/h5-10,12,14H,4H2,1-3H3,(H,19,21)/b10-9-/t12-,14-/m0/s1. The second-order valence-corrected chi connectivity index (χ2v) is 4.79. The van der Waals surface area contributed by atoms with Crippen molar-refractivity contribution in [3.63, 3.8) is 0 Å². The average molecular weight is 300 g/mol. The minimum absolute atomic E-state index is 0.0583. The molecule has 1 N–H and O–H groups in total. The molecule has 0 saturated heterocycles. The van der Waals surface area contributed by atoms with Gasteiger partial charge in [-0.05, 0) is 31.6 Å². The van der Waals surface area contributed by atoms with Gasteiger partial charge in [0, 0.05) is 12.6 Å². The predicted octanol–water partition coefficient (Wildman–Crippen LogP) is 2.33. The number of ether oxygens (including phenoxy) is 1. The molecular weight excluding hydrogens is 280 g/mol. The Labute approximate surface area is 130 Å². The summed E-state index contributed by atoms with van der Waals surface area (Å²) in [5.41, 5.74) is 0.727. The molecule has 0 aliphatic carbocycles. The number of carbonyl (C=O) groups is 2. The molecule has 1 aromatic carbocycles. The van der Waals surface area contributed by atoms with Crippen molar-refractivity contribution in [2.45, 2.75) is 26.4 Å². The summed E-state index contributed by atoms with van der Waals surface area (Å²) in [6.45, 7) is 3.98. The molecule has 22 heavy (non-hydrogen) atoms. The number of benzene rings is 1. The number of carbonyl (C=O) groups excluding carboxylic acids is 2. The number of nitriles is 1. The molecule has 0 aliphatic heterocycles. The van der Waals surface area contributed by atoms with Crippen molar-refractivity contribution in [2.75, 3.05) is 7.05 Å². The van der Waals surface area contributed by atoms with Crippen molar-refractivity contribution in [3.05, 3.63) is 35.9 Å². The lowest BCUT2D eigenvalue weighted by Crippen LogP contribution is -2.31. The summed E-state index contributed by atoms with van der Waals surface area (Å²) in [6.07, 6.45) is 3.72. The minimum Gasteiger partial charge on any atom is -0.490 e. The fourth-order valence-electron chi connectivity index (χ4n) is 1.69. The number of amides is 1. The highest BCUT2D eigenvalue weighted by Crippen LogP contribution is 2.21. The van der Waals surface area contributed by atoms with Crippen LogP contribution in [0.5, 0.6) is 5.75 Å². The van der Waals surface area contributed by atoms with Gasteiger partial charge in [-0.25, -0.2) is 0 Å². The van der Waals surface area contributed by atoms with Crippen molar-refractivity contribution in [2.24, 2.45) is 5.92 Å². The minimum atomic E-state index is -1.33. The Morgan fingerprint density at radius 3 is 2.68 bits per heavy atom. The molecule has 2 atom stereocenters. The van der Waals surface area contributed by atoms with E-state index in [4.69, 9.17) is 10.00 Å². The molecule has 116 valence electrons. The van der Waals surface area contributed by atoms with Crippen LogP contribution in [-0.2, 0) is 9.59 Å². The summed E-state index contributed by atoms with van der Waals surface area (Å²) in [5, 5.41) is 11.2.